The van der Waals surface area contributed by atoms with E-state index in [4.69, 9.17) is 4.74 Å². The quantitative estimate of drug-likeness (QED) is 0.880. The molecule has 2 aliphatic rings. The van der Waals surface area contributed by atoms with Crippen LogP contribution in [0, 0.1) is 11.7 Å². The van der Waals surface area contributed by atoms with E-state index in [1.807, 2.05) is 18.0 Å². The normalized spacial score (nSPS) is 23.4. The van der Waals surface area contributed by atoms with Gasteiger partial charge >= 0.3 is 0 Å². The minimum absolute atomic E-state index is 0.0844. The number of nitrogens with zero attached hydrogens (tertiary/aromatic N) is 2. The Hall–Kier alpha value is -1.50. The molecule has 132 valence electrons. The van der Waals surface area contributed by atoms with Gasteiger partial charge in [0.15, 0.2) is 0 Å². The van der Waals surface area contributed by atoms with Crippen molar-refractivity contribution in [1.82, 2.24) is 15.1 Å². The molecule has 0 spiro atoms. The second-order valence-corrected chi connectivity index (χ2v) is 6.60. The minimum Gasteiger partial charge on any atom is -0.379 e. The summed E-state index contributed by atoms with van der Waals surface area (Å²) >= 11 is 0. The van der Waals surface area contributed by atoms with Gasteiger partial charge in [-0.3, -0.25) is 9.69 Å². The molecule has 0 aromatic heterocycles. The van der Waals surface area contributed by atoms with Crippen LogP contribution in [0.5, 0.6) is 0 Å². The standard InChI is InChI=1S/C18H26FN3O2/c1-20-12-14-5-6-22(13-14)18(23)17(21-7-9-24-10-8-21)15-3-2-4-16(19)11-15/h2-4,11,14,17,20H,5-10,12-13H2,1H3. The summed E-state index contributed by atoms with van der Waals surface area (Å²) in [5.41, 5.74) is 0.735. The Morgan fingerprint density at radius 3 is 2.88 bits per heavy atom. The van der Waals surface area contributed by atoms with E-state index in [-0.39, 0.29) is 11.7 Å². The average molecular weight is 335 g/mol. The number of amides is 1. The number of morpholine rings is 1. The fourth-order valence-electron chi connectivity index (χ4n) is 3.68. The lowest BCUT2D eigenvalue weighted by Crippen LogP contribution is -2.46. The van der Waals surface area contributed by atoms with Gasteiger partial charge in [-0.1, -0.05) is 12.1 Å². The summed E-state index contributed by atoms with van der Waals surface area (Å²) in [6.07, 6.45) is 1.02. The third kappa shape index (κ3) is 3.94. The minimum atomic E-state index is -0.419. The molecule has 1 amide bonds. The third-order valence-corrected chi connectivity index (χ3v) is 4.90. The zero-order valence-electron chi connectivity index (χ0n) is 14.2. The molecule has 1 aromatic carbocycles. The van der Waals surface area contributed by atoms with Gasteiger partial charge in [0.25, 0.3) is 0 Å². The molecule has 2 atom stereocenters. The lowest BCUT2D eigenvalue weighted by atomic mass is 10.0. The predicted molar refractivity (Wildman–Crippen MR) is 90.1 cm³/mol. The number of hydrogen-bond acceptors (Lipinski definition) is 4. The maximum Gasteiger partial charge on any atom is 0.244 e. The van der Waals surface area contributed by atoms with Crippen LogP contribution in [-0.2, 0) is 9.53 Å². The summed E-state index contributed by atoms with van der Waals surface area (Å²) in [7, 11) is 1.94. The van der Waals surface area contributed by atoms with Crippen molar-refractivity contribution in [2.75, 3.05) is 53.0 Å². The Morgan fingerprint density at radius 2 is 2.17 bits per heavy atom. The van der Waals surface area contributed by atoms with E-state index >= 15 is 0 Å². The van der Waals surface area contributed by atoms with Crippen molar-refractivity contribution in [2.45, 2.75) is 12.5 Å². The maximum atomic E-state index is 13.7. The smallest absolute Gasteiger partial charge is 0.244 e. The molecule has 0 radical (unpaired) electrons. The van der Waals surface area contributed by atoms with Gasteiger partial charge in [0.05, 0.1) is 13.2 Å². The molecule has 1 aromatic rings. The highest BCUT2D eigenvalue weighted by Gasteiger charge is 2.35. The summed E-state index contributed by atoms with van der Waals surface area (Å²) < 4.78 is 19.1. The predicted octanol–water partition coefficient (Wildman–Crippen LogP) is 1.27. The van der Waals surface area contributed by atoms with Crippen LogP contribution in [0.2, 0.25) is 0 Å². The van der Waals surface area contributed by atoms with Crippen LogP contribution in [0.4, 0.5) is 4.39 Å². The first kappa shape index (κ1) is 17.3. The highest BCUT2D eigenvalue weighted by Crippen LogP contribution is 2.27. The van der Waals surface area contributed by atoms with Crippen molar-refractivity contribution >= 4 is 5.91 Å². The zero-order valence-corrected chi connectivity index (χ0v) is 14.2. The summed E-state index contributed by atoms with van der Waals surface area (Å²) in [5, 5.41) is 3.19. The van der Waals surface area contributed by atoms with E-state index in [1.165, 1.54) is 12.1 Å². The lowest BCUT2D eigenvalue weighted by Gasteiger charge is -2.36. The molecule has 5 nitrogen and oxygen atoms in total. The molecule has 2 unspecified atom stereocenters. The first-order chi connectivity index (χ1) is 11.7. The van der Waals surface area contributed by atoms with E-state index in [0.29, 0.717) is 32.2 Å². The highest BCUT2D eigenvalue weighted by molar-refractivity contribution is 5.83. The molecule has 1 N–H and O–H groups in total. The number of benzene rings is 1. The first-order valence-electron chi connectivity index (χ1n) is 8.69. The van der Waals surface area contributed by atoms with Gasteiger partial charge in [0.1, 0.15) is 11.9 Å². The molecular weight excluding hydrogens is 309 g/mol. The Labute approximate surface area is 142 Å². The fraction of sp³-hybridized carbons (Fsp3) is 0.611. The summed E-state index contributed by atoms with van der Waals surface area (Å²) in [6.45, 7) is 5.09. The van der Waals surface area contributed by atoms with E-state index in [1.54, 1.807) is 6.07 Å². The van der Waals surface area contributed by atoms with E-state index in [0.717, 1.165) is 31.6 Å². The topological polar surface area (TPSA) is 44.8 Å². The molecular formula is C18H26FN3O2. The van der Waals surface area contributed by atoms with Crippen LogP contribution >= 0.6 is 0 Å². The van der Waals surface area contributed by atoms with Crippen LogP contribution in [0.1, 0.15) is 18.0 Å². The van der Waals surface area contributed by atoms with E-state index in [9.17, 15) is 9.18 Å². The highest BCUT2D eigenvalue weighted by atomic mass is 19.1. The van der Waals surface area contributed by atoms with Gasteiger partial charge in [0, 0.05) is 26.2 Å². The Morgan fingerprint density at radius 1 is 1.38 bits per heavy atom. The molecule has 2 fully saturated rings. The number of ether oxygens (including phenoxy) is 1. The first-order valence-corrected chi connectivity index (χ1v) is 8.69. The van der Waals surface area contributed by atoms with Gasteiger partial charge in [0.2, 0.25) is 5.91 Å². The number of halogens is 1. The average Bonchev–Trinajstić information content (AvgIpc) is 3.05. The van der Waals surface area contributed by atoms with Crippen LogP contribution < -0.4 is 5.32 Å². The van der Waals surface area contributed by atoms with Crippen LogP contribution in [0.3, 0.4) is 0 Å². The second-order valence-electron chi connectivity index (χ2n) is 6.60. The van der Waals surface area contributed by atoms with Crippen molar-refractivity contribution in [3.63, 3.8) is 0 Å². The number of carbonyl (C=O) groups is 1. The number of carbonyl (C=O) groups excluding carboxylic acids is 1. The van der Waals surface area contributed by atoms with Crippen molar-refractivity contribution in [1.29, 1.82) is 0 Å². The lowest BCUT2D eigenvalue weighted by molar-refractivity contribution is -0.138. The molecule has 6 heteroatoms. The molecule has 2 saturated heterocycles. The van der Waals surface area contributed by atoms with Crippen LogP contribution in [0.25, 0.3) is 0 Å². The monoisotopic (exact) mass is 335 g/mol. The molecule has 0 aliphatic carbocycles. The van der Waals surface area contributed by atoms with Gasteiger partial charge in [-0.2, -0.15) is 0 Å². The Balaban J connectivity index is 1.80. The SMILES string of the molecule is CNCC1CCN(C(=O)C(c2cccc(F)c2)N2CCOCC2)C1. The molecule has 2 heterocycles. The molecule has 3 rings (SSSR count). The van der Waals surface area contributed by atoms with Crippen LogP contribution in [-0.4, -0.2) is 68.7 Å². The zero-order chi connectivity index (χ0) is 16.9. The molecule has 0 saturated carbocycles. The van der Waals surface area contributed by atoms with Gasteiger partial charge in [-0.05, 0) is 43.6 Å². The number of nitrogens with one attached hydrogen (secondary N) is 1. The van der Waals surface area contributed by atoms with Gasteiger partial charge in [-0.15, -0.1) is 0 Å². The van der Waals surface area contributed by atoms with E-state index < -0.39 is 6.04 Å². The van der Waals surface area contributed by atoms with Crippen molar-refractivity contribution in [3.05, 3.63) is 35.6 Å². The summed E-state index contributed by atoms with van der Waals surface area (Å²) in [6, 6.07) is 6.02. The maximum absolute atomic E-state index is 13.7. The summed E-state index contributed by atoms with van der Waals surface area (Å²) in [5.74, 6) is 0.283. The Bertz CT molecular complexity index is 563. The van der Waals surface area contributed by atoms with Gasteiger partial charge < -0.3 is 15.0 Å². The van der Waals surface area contributed by atoms with Crippen molar-refractivity contribution < 1.29 is 13.9 Å². The largest absolute Gasteiger partial charge is 0.379 e. The number of hydrogen-bond donors (Lipinski definition) is 1. The van der Waals surface area contributed by atoms with Gasteiger partial charge in [-0.25, -0.2) is 4.39 Å². The molecule has 2 aliphatic heterocycles. The van der Waals surface area contributed by atoms with Crippen LogP contribution in [0.15, 0.2) is 24.3 Å². The summed E-state index contributed by atoms with van der Waals surface area (Å²) in [4.78, 5) is 17.3. The number of likely N-dealkylation sites (tertiary alicyclic amines) is 1. The molecule has 24 heavy (non-hydrogen) atoms. The second kappa shape index (κ2) is 8.05. The third-order valence-electron chi connectivity index (χ3n) is 4.90. The van der Waals surface area contributed by atoms with Crippen molar-refractivity contribution in [2.24, 2.45) is 5.92 Å². The molecule has 0 bridgehead atoms. The van der Waals surface area contributed by atoms with E-state index in [2.05, 4.69) is 10.2 Å². The number of rotatable bonds is 5. The fourth-order valence-corrected chi connectivity index (χ4v) is 3.68. The van der Waals surface area contributed by atoms with Crippen molar-refractivity contribution in [3.8, 4) is 0 Å². The Kier molecular flexibility index (Phi) is 5.81.